The van der Waals surface area contributed by atoms with Crippen LogP contribution in [0.3, 0.4) is 0 Å². The highest BCUT2D eigenvalue weighted by atomic mass is 16.5. The van der Waals surface area contributed by atoms with Crippen molar-refractivity contribution in [1.29, 1.82) is 0 Å². The van der Waals surface area contributed by atoms with E-state index in [1.807, 2.05) is 26.8 Å². The van der Waals surface area contributed by atoms with E-state index in [0.29, 0.717) is 6.61 Å². The van der Waals surface area contributed by atoms with E-state index in [2.05, 4.69) is 29.6 Å². The fourth-order valence-corrected chi connectivity index (χ4v) is 2.79. The summed E-state index contributed by atoms with van der Waals surface area (Å²) in [4.78, 5) is 12.1. The minimum atomic E-state index is -0.430. The SMILES string of the molecule is CC(C)(C)C(=O)OCC1(Cc2ccccc2)CCNCC1. The van der Waals surface area contributed by atoms with Crippen molar-refractivity contribution in [2.24, 2.45) is 10.8 Å². The van der Waals surface area contributed by atoms with Gasteiger partial charge in [-0.15, -0.1) is 0 Å². The summed E-state index contributed by atoms with van der Waals surface area (Å²) in [5.41, 5.74) is 0.972. The Morgan fingerprint density at radius 2 is 1.81 bits per heavy atom. The van der Waals surface area contributed by atoms with Crippen LogP contribution in [0, 0.1) is 10.8 Å². The number of rotatable bonds is 4. The fourth-order valence-electron chi connectivity index (χ4n) is 2.79. The Hall–Kier alpha value is -1.35. The molecule has 0 aromatic heterocycles. The van der Waals surface area contributed by atoms with Crippen LogP contribution >= 0.6 is 0 Å². The number of carbonyl (C=O) groups is 1. The molecule has 1 heterocycles. The zero-order valence-electron chi connectivity index (χ0n) is 13.4. The summed E-state index contributed by atoms with van der Waals surface area (Å²) in [7, 11) is 0. The molecule has 0 saturated carbocycles. The van der Waals surface area contributed by atoms with Gasteiger partial charge in [-0.3, -0.25) is 4.79 Å². The number of esters is 1. The molecule has 21 heavy (non-hydrogen) atoms. The lowest BCUT2D eigenvalue weighted by molar-refractivity contribution is -0.157. The van der Waals surface area contributed by atoms with Crippen molar-refractivity contribution in [3.63, 3.8) is 0 Å². The highest BCUT2D eigenvalue weighted by molar-refractivity contribution is 5.75. The minimum Gasteiger partial charge on any atom is -0.465 e. The topological polar surface area (TPSA) is 38.3 Å². The highest BCUT2D eigenvalue weighted by Crippen LogP contribution is 2.34. The van der Waals surface area contributed by atoms with Crippen LogP contribution in [0.5, 0.6) is 0 Å². The Kier molecular flexibility index (Phi) is 5.04. The van der Waals surface area contributed by atoms with Crippen LogP contribution in [-0.4, -0.2) is 25.7 Å². The third-order valence-electron chi connectivity index (χ3n) is 4.21. The van der Waals surface area contributed by atoms with Gasteiger partial charge in [0.1, 0.15) is 0 Å². The molecule has 1 fully saturated rings. The van der Waals surface area contributed by atoms with Crippen LogP contribution in [0.15, 0.2) is 30.3 Å². The molecule has 0 radical (unpaired) electrons. The average Bonchev–Trinajstić information content (AvgIpc) is 2.46. The molecule has 1 aromatic carbocycles. The molecule has 1 N–H and O–H groups in total. The van der Waals surface area contributed by atoms with Crippen molar-refractivity contribution in [3.8, 4) is 0 Å². The second kappa shape index (κ2) is 6.61. The van der Waals surface area contributed by atoms with Gasteiger partial charge < -0.3 is 10.1 Å². The number of hydrogen-bond donors (Lipinski definition) is 1. The van der Waals surface area contributed by atoms with Gasteiger partial charge in [-0.1, -0.05) is 30.3 Å². The molecule has 0 aliphatic carbocycles. The van der Waals surface area contributed by atoms with Gasteiger partial charge in [-0.2, -0.15) is 0 Å². The van der Waals surface area contributed by atoms with Crippen LogP contribution in [-0.2, 0) is 16.0 Å². The van der Waals surface area contributed by atoms with E-state index in [4.69, 9.17) is 4.74 Å². The van der Waals surface area contributed by atoms with Gasteiger partial charge in [0.25, 0.3) is 0 Å². The Labute approximate surface area is 128 Å². The van der Waals surface area contributed by atoms with Crippen LogP contribution in [0.1, 0.15) is 39.2 Å². The number of nitrogens with one attached hydrogen (secondary N) is 1. The number of carbonyl (C=O) groups excluding carboxylic acids is 1. The quantitative estimate of drug-likeness (QED) is 0.865. The summed E-state index contributed by atoms with van der Waals surface area (Å²) >= 11 is 0. The molecule has 1 aliphatic rings. The fraction of sp³-hybridized carbons (Fsp3) is 0.611. The van der Waals surface area contributed by atoms with Crippen molar-refractivity contribution < 1.29 is 9.53 Å². The van der Waals surface area contributed by atoms with Gasteiger partial charge in [0.15, 0.2) is 0 Å². The van der Waals surface area contributed by atoms with E-state index in [9.17, 15) is 4.79 Å². The zero-order valence-corrected chi connectivity index (χ0v) is 13.4. The maximum absolute atomic E-state index is 12.1. The molecule has 0 bridgehead atoms. The van der Waals surface area contributed by atoms with Gasteiger partial charge in [-0.05, 0) is 58.7 Å². The van der Waals surface area contributed by atoms with E-state index >= 15 is 0 Å². The lowest BCUT2D eigenvalue weighted by Crippen LogP contribution is -2.42. The third kappa shape index (κ3) is 4.57. The summed E-state index contributed by atoms with van der Waals surface area (Å²) in [6, 6.07) is 10.5. The number of hydrogen-bond acceptors (Lipinski definition) is 3. The van der Waals surface area contributed by atoms with Crippen LogP contribution in [0.4, 0.5) is 0 Å². The maximum atomic E-state index is 12.1. The third-order valence-corrected chi connectivity index (χ3v) is 4.21. The number of ether oxygens (including phenoxy) is 1. The zero-order chi connectivity index (χ0) is 15.3. The summed E-state index contributed by atoms with van der Waals surface area (Å²) in [5.74, 6) is -0.103. The maximum Gasteiger partial charge on any atom is 0.311 e. The molecule has 0 unspecified atom stereocenters. The molecule has 0 amide bonds. The molecule has 2 rings (SSSR count). The van der Waals surface area contributed by atoms with E-state index in [-0.39, 0.29) is 11.4 Å². The predicted octanol–water partition coefficient (Wildman–Crippen LogP) is 3.19. The molecule has 116 valence electrons. The highest BCUT2D eigenvalue weighted by Gasteiger charge is 2.35. The lowest BCUT2D eigenvalue weighted by Gasteiger charge is -2.38. The predicted molar refractivity (Wildman–Crippen MR) is 85.1 cm³/mol. The van der Waals surface area contributed by atoms with Crippen LogP contribution in [0.25, 0.3) is 0 Å². The minimum absolute atomic E-state index is 0.0769. The molecule has 0 atom stereocenters. The van der Waals surface area contributed by atoms with Crippen molar-refractivity contribution in [1.82, 2.24) is 5.32 Å². The normalized spacial score (nSPS) is 18.2. The molecule has 1 saturated heterocycles. The first-order valence-electron chi connectivity index (χ1n) is 7.83. The van der Waals surface area contributed by atoms with Gasteiger partial charge in [0, 0.05) is 5.41 Å². The Morgan fingerprint density at radius 3 is 2.38 bits per heavy atom. The van der Waals surface area contributed by atoms with Crippen LogP contribution < -0.4 is 5.32 Å². The summed E-state index contributed by atoms with van der Waals surface area (Å²) in [6.45, 7) is 8.24. The van der Waals surface area contributed by atoms with E-state index in [0.717, 1.165) is 32.4 Å². The summed E-state index contributed by atoms with van der Waals surface area (Å²) in [6.07, 6.45) is 3.09. The van der Waals surface area contributed by atoms with Gasteiger partial charge in [-0.25, -0.2) is 0 Å². The smallest absolute Gasteiger partial charge is 0.311 e. The lowest BCUT2D eigenvalue weighted by atomic mass is 9.75. The number of piperidine rings is 1. The van der Waals surface area contributed by atoms with E-state index in [1.54, 1.807) is 0 Å². The standard InChI is InChI=1S/C18H27NO2/c1-17(2,3)16(20)21-14-18(9-11-19-12-10-18)13-15-7-5-4-6-8-15/h4-8,19H,9-14H2,1-3H3. The molecule has 3 nitrogen and oxygen atoms in total. The molecule has 0 spiro atoms. The number of benzene rings is 1. The second-order valence-corrected chi connectivity index (χ2v) is 7.24. The van der Waals surface area contributed by atoms with Crippen molar-refractivity contribution in [2.75, 3.05) is 19.7 Å². The van der Waals surface area contributed by atoms with Gasteiger partial charge in [0.05, 0.1) is 12.0 Å². The molecule has 3 heteroatoms. The Balaban J connectivity index is 2.05. The van der Waals surface area contributed by atoms with E-state index in [1.165, 1.54) is 5.56 Å². The summed E-state index contributed by atoms with van der Waals surface area (Å²) < 4.78 is 5.65. The Bertz CT molecular complexity index is 456. The second-order valence-electron chi connectivity index (χ2n) is 7.24. The molecular formula is C18H27NO2. The van der Waals surface area contributed by atoms with Crippen molar-refractivity contribution in [2.45, 2.75) is 40.0 Å². The van der Waals surface area contributed by atoms with Gasteiger partial charge in [0.2, 0.25) is 0 Å². The first-order chi connectivity index (χ1) is 9.91. The van der Waals surface area contributed by atoms with Crippen molar-refractivity contribution >= 4 is 5.97 Å². The van der Waals surface area contributed by atoms with E-state index < -0.39 is 5.41 Å². The first-order valence-corrected chi connectivity index (χ1v) is 7.83. The largest absolute Gasteiger partial charge is 0.465 e. The van der Waals surface area contributed by atoms with Gasteiger partial charge >= 0.3 is 5.97 Å². The van der Waals surface area contributed by atoms with Crippen molar-refractivity contribution in [3.05, 3.63) is 35.9 Å². The monoisotopic (exact) mass is 289 g/mol. The molecular weight excluding hydrogens is 262 g/mol. The Morgan fingerprint density at radius 1 is 1.19 bits per heavy atom. The van der Waals surface area contributed by atoms with Crippen LogP contribution in [0.2, 0.25) is 0 Å². The summed E-state index contributed by atoms with van der Waals surface area (Å²) in [5, 5.41) is 3.40. The average molecular weight is 289 g/mol. The molecule has 1 aromatic rings. The first kappa shape index (κ1) is 16.0. The molecule has 1 aliphatic heterocycles.